The number of aryl methyl sites for hydroxylation is 1. The highest BCUT2D eigenvalue weighted by Crippen LogP contribution is 2.34. The van der Waals surface area contributed by atoms with Crippen molar-refractivity contribution in [2.75, 3.05) is 18.5 Å². The molecule has 1 amide bonds. The van der Waals surface area contributed by atoms with Crippen molar-refractivity contribution >= 4 is 29.3 Å². The van der Waals surface area contributed by atoms with Crippen molar-refractivity contribution in [3.05, 3.63) is 70.3 Å². The summed E-state index contributed by atoms with van der Waals surface area (Å²) in [6.45, 7) is 7.98. The highest BCUT2D eigenvalue weighted by atomic mass is 35.5. The molecule has 2 aromatic carbocycles. The van der Waals surface area contributed by atoms with Crippen LogP contribution in [-0.2, 0) is 11.2 Å². The van der Waals surface area contributed by atoms with Crippen molar-refractivity contribution < 1.29 is 14.3 Å². The minimum absolute atomic E-state index is 0.0685. The van der Waals surface area contributed by atoms with Gasteiger partial charge in [-0.25, -0.2) is 0 Å². The number of nitrogens with zero attached hydrogens (tertiary/aromatic N) is 1. The van der Waals surface area contributed by atoms with Gasteiger partial charge in [-0.15, -0.1) is 13.0 Å². The molecule has 0 aliphatic heterocycles. The zero-order valence-electron chi connectivity index (χ0n) is 17.5. The number of hydrogen-bond acceptors (Lipinski definition) is 4. The molecule has 0 unspecified atom stereocenters. The van der Waals surface area contributed by atoms with Gasteiger partial charge in [-0.1, -0.05) is 29.7 Å². The second-order valence-electron chi connectivity index (χ2n) is 6.51. The molecule has 0 radical (unpaired) electrons. The fourth-order valence-electron chi connectivity index (χ4n) is 2.80. The zero-order chi connectivity index (χ0) is 22.8. The Kier molecular flexibility index (Phi) is 8.76. The first-order chi connectivity index (χ1) is 14.9. The molecular weight excluding hydrogens is 412 g/mol. The maximum absolute atomic E-state index is 12.6. The molecular formula is C25H23ClN2O3. The number of halogens is 1. The monoisotopic (exact) mass is 434 g/mol. The summed E-state index contributed by atoms with van der Waals surface area (Å²) in [4.78, 5) is 12.6. The number of amides is 1. The van der Waals surface area contributed by atoms with Gasteiger partial charge < -0.3 is 14.8 Å². The van der Waals surface area contributed by atoms with Gasteiger partial charge in [0, 0.05) is 16.3 Å². The summed E-state index contributed by atoms with van der Waals surface area (Å²) in [7, 11) is 0. The number of terminal acetylenes is 1. The molecule has 6 heteroatoms. The standard InChI is InChI=1S/C25H23ClN2O3/c1-5-8-19-12-18(14-23(30-7-3)24(19)31-11-6-2)13-20(16-27)25(29)28-21-10-9-17(4)22(26)15-21/h2,5,9-10,12-15H,1,7-8,11H2,3-4H3,(H,28,29)/b20-13-. The maximum Gasteiger partial charge on any atom is 0.266 e. The van der Waals surface area contributed by atoms with E-state index in [9.17, 15) is 10.1 Å². The van der Waals surface area contributed by atoms with E-state index in [1.165, 1.54) is 6.08 Å². The number of ether oxygens (including phenoxy) is 2. The van der Waals surface area contributed by atoms with E-state index in [2.05, 4.69) is 17.8 Å². The van der Waals surface area contributed by atoms with Crippen molar-refractivity contribution in [3.63, 3.8) is 0 Å². The molecule has 0 aliphatic rings. The Bertz CT molecular complexity index is 1090. The Morgan fingerprint density at radius 1 is 1.32 bits per heavy atom. The quantitative estimate of drug-likeness (QED) is 0.250. The van der Waals surface area contributed by atoms with E-state index in [1.54, 1.807) is 30.3 Å². The van der Waals surface area contributed by atoms with Gasteiger partial charge in [0.25, 0.3) is 5.91 Å². The topological polar surface area (TPSA) is 71.3 Å². The molecule has 2 rings (SSSR count). The summed E-state index contributed by atoms with van der Waals surface area (Å²) in [5, 5.41) is 12.8. The van der Waals surface area contributed by atoms with Crippen LogP contribution in [0.15, 0.2) is 48.6 Å². The number of nitriles is 1. The summed E-state index contributed by atoms with van der Waals surface area (Å²) < 4.78 is 11.4. The lowest BCUT2D eigenvalue weighted by Gasteiger charge is -2.15. The van der Waals surface area contributed by atoms with Gasteiger partial charge in [0.2, 0.25) is 0 Å². The minimum atomic E-state index is -0.543. The molecule has 0 fully saturated rings. The normalized spacial score (nSPS) is 10.5. The van der Waals surface area contributed by atoms with Crippen molar-refractivity contribution in [1.82, 2.24) is 0 Å². The summed E-state index contributed by atoms with van der Waals surface area (Å²) in [6.07, 6.45) is 9.03. The fraction of sp³-hybridized carbons (Fsp3) is 0.200. The van der Waals surface area contributed by atoms with Gasteiger partial charge in [-0.2, -0.15) is 5.26 Å². The number of anilines is 1. The van der Waals surface area contributed by atoms with Gasteiger partial charge >= 0.3 is 0 Å². The van der Waals surface area contributed by atoms with Gasteiger partial charge in [-0.05, 0) is 61.7 Å². The number of allylic oxidation sites excluding steroid dienone is 1. The number of rotatable bonds is 9. The second kappa shape index (κ2) is 11.5. The van der Waals surface area contributed by atoms with Crippen LogP contribution in [-0.4, -0.2) is 19.1 Å². The first kappa shape index (κ1) is 23.6. The van der Waals surface area contributed by atoms with Crippen LogP contribution in [0.5, 0.6) is 11.5 Å². The molecule has 0 heterocycles. The highest BCUT2D eigenvalue weighted by molar-refractivity contribution is 6.31. The summed E-state index contributed by atoms with van der Waals surface area (Å²) in [6, 6.07) is 10.6. The number of carbonyl (C=O) groups is 1. The molecule has 0 saturated heterocycles. The number of nitrogens with one attached hydrogen (secondary N) is 1. The van der Waals surface area contributed by atoms with E-state index in [0.717, 1.165) is 11.1 Å². The third-order valence-electron chi connectivity index (χ3n) is 4.22. The van der Waals surface area contributed by atoms with Crippen molar-refractivity contribution in [3.8, 4) is 29.9 Å². The van der Waals surface area contributed by atoms with Crippen molar-refractivity contribution in [1.29, 1.82) is 5.26 Å². The molecule has 0 aromatic heterocycles. The Labute approximate surface area is 187 Å². The predicted molar refractivity (Wildman–Crippen MR) is 124 cm³/mol. The highest BCUT2D eigenvalue weighted by Gasteiger charge is 2.15. The van der Waals surface area contributed by atoms with E-state index in [0.29, 0.717) is 40.8 Å². The molecule has 5 nitrogen and oxygen atoms in total. The Morgan fingerprint density at radius 2 is 2.10 bits per heavy atom. The van der Waals surface area contributed by atoms with Crippen LogP contribution in [0.3, 0.4) is 0 Å². The third-order valence-corrected chi connectivity index (χ3v) is 4.63. The molecule has 0 saturated carbocycles. The Balaban J connectivity index is 2.42. The van der Waals surface area contributed by atoms with Crippen LogP contribution in [0, 0.1) is 30.6 Å². The average Bonchev–Trinajstić information content (AvgIpc) is 2.74. The molecule has 2 aromatic rings. The SMILES string of the molecule is C#CCOc1c(CC=C)cc(/C=C(/C#N)C(=O)Nc2ccc(C)c(Cl)c2)cc1OCC. The molecule has 0 atom stereocenters. The number of carbonyl (C=O) groups excluding carboxylic acids is 1. The van der Waals surface area contributed by atoms with Crippen LogP contribution in [0.4, 0.5) is 5.69 Å². The first-order valence-electron chi connectivity index (χ1n) is 9.59. The molecule has 0 bridgehead atoms. The largest absolute Gasteiger partial charge is 0.490 e. The van der Waals surface area contributed by atoms with Crippen molar-refractivity contribution in [2.24, 2.45) is 0 Å². The second-order valence-corrected chi connectivity index (χ2v) is 6.92. The Hall–Kier alpha value is -3.67. The van der Waals surface area contributed by atoms with Gasteiger partial charge in [-0.3, -0.25) is 4.79 Å². The predicted octanol–water partition coefficient (Wildman–Crippen LogP) is 5.33. The molecule has 0 aliphatic carbocycles. The van der Waals surface area contributed by atoms with Gasteiger partial charge in [0.05, 0.1) is 6.61 Å². The van der Waals surface area contributed by atoms with Crippen LogP contribution in [0.2, 0.25) is 5.02 Å². The summed E-state index contributed by atoms with van der Waals surface area (Å²) in [5.74, 6) is 2.89. The van der Waals surface area contributed by atoms with Crippen LogP contribution < -0.4 is 14.8 Å². The lowest BCUT2D eigenvalue weighted by molar-refractivity contribution is -0.112. The molecule has 0 spiro atoms. The van der Waals surface area contributed by atoms with E-state index in [1.807, 2.05) is 26.0 Å². The zero-order valence-corrected chi connectivity index (χ0v) is 18.3. The lowest BCUT2D eigenvalue weighted by atomic mass is 10.0. The van der Waals surface area contributed by atoms with E-state index >= 15 is 0 Å². The molecule has 158 valence electrons. The minimum Gasteiger partial charge on any atom is -0.490 e. The van der Waals surface area contributed by atoms with E-state index < -0.39 is 5.91 Å². The third kappa shape index (κ3) is 6.40. The Morgan fingerprint density at radius 3 is 2.71 bits per heavy atom. The maximum atomic E-state index is 12.6. The van der Waals surface area contributed by atoms with Gasteiger partial charge in [0.15, 0.2) is 11.5 Å². The lowest BCUT2D eigenvalue weighted by Crippen LogP contribution is -2.13. The summed E-state index contributed by atoms with van der Waals surface area (Å²) >= 11 is 6.11. The van der Waals surface area contributed by atoms with Crippen molar-refractivity contribution in [2.45, 2.75) is 20.3 Å². The number of benzene rings is 2. The van der Waals surface area contributed by atoms with Crippen LogP contribution in [0.1, 0.15) is 23.6 Å². The van der Waals surface area contributed by atoms with E-state index in [4.69, 9.17) is 27.5 Å². The van der Waals surface area contributed by atoms with Gasteiger partial charge in [0.1, 0.15) is 18.2 Å². The fourth-order valence-corrected chi connectivity index (χ4v) is 2.98. The molecule has 31 heavy (non-hydrogen) atoms. The van der Waals surface area contributed by atoms with Crippen LogP contribution in [0.25, 0.3) is 6.08 Å². The average molecular weight is 435 g/mol. The van der Waals surface area contributed by atoms with E-state index in [-0.39, 0.29) is 12.2 Å². The summed E-state index contributed by atoms with van der Waals surface area (Å²) in [5.41, 5.74) is 2.72. The smallest absolute Gasteiger partial charge is 0.266 e. The molecule has 1 N–H and O–H groups in total. The number of hydrogen-bond donors (Lipinski definition) is 1. The first-order valence-corrected chi connectivity index (χ1v) is 9.97. The van der Waals surface area contributed by atoms with Crippen LogP contribution >= 0.6 is 11.6 Å².